The molecule has 0 aromatic rings. The van der Waals surface area contributed by atoms with Crippen LogP contribution in [-0.2, 0) is 4.74 Å². The maximum absolute atomic E-state index is 8.92. The first-order valence-corrected chi connectivity index (χ1v) is 4.76. The van der Waals surface area contributed by atoms with Crippen LogP contribution in [0.15, 0.2) is 0 Å². The zero-order valence-corrected chi connectivity index (χ0v) is 8.71. The Balaban J connectivity index is 2.40. The predicted molar refractivity (Wildman–Crippen MR) is 51.2 cm³/mol. The number of hydrogen-bond donors (Lipinski definition) is 0. The molecule has 1 saturated heterocycles. The van der Waals surface area contributed by atoms with E-state index in [1.807, 2.05) is 20.9 Å². The molecule has 0 bridgehead atoms. The van der Waals surface area contributed by atoms with Crippen LogP contribution in [0.2, 0.25) is 0 Å². The zero-order valence-electron chi connectivity index (χ0n) is 8.71. The van der Waals surface area contributed by atoms with Gasteiger partial charge < -0.3 is 4.74 Å². The van der Waals surface area contributed by atoms with E-state index in [-0.39, 0.29) is 5.54 Å². The molecule has 1 atom stereocenters. The van der Waals surface area contributed by atoms with E-state index in [1.165, 1.54) is 0 Å². The third-order valence-corrected chi connectivity index (χ3v) is 2.78. The summed E-state index contributed by atoms with van der Waals surface area (Å²) in [6.07, 6.45) is 1.13. The molecule has 74 valence electrons. The van der Waals surface area contributed by atoms with Crippen LogP contribution in [0, 0.1) is 17.2 Å². The van der Waals surface area contributed by atoms with E-state index in [4.69, 9.17) is 10.00 Å². The lowest BCUT2D eigenvalue weighted by molar-refractivity contribution is 0.149. The van der Waals surface area contributed by atoms with Gasteiger partial charge in [0, 0.05) is 13.2 Å². The van der Waals surface area contributed by atoms with Gasteiger partial charge in [-0.3, -0.25) is 4.90 Å². The fourth-order valence-corrected chi connectivity index (χ4v) is 1.43. The standard InChI is InChI=1S/C10H18N2O/c1-10(2,8-11)12(3)6-9-4-5-13-7-9/h9H,4-7H2,1-3H3. The highest BCUT2D eigenvalue weighted by molar-refractivity contribution is 5.01. The summed E-state index contributed by atoms with van der Waals surface area (Å²) in [7, 11) is 2.00. The molecular weight excluding hydrogens is 164 g/mol. The molecule has 1 heterocycles. The Kier molecular flexibility index (Phi) is 3.29. The van der Waals surface area contributed by atoms with Gasteiger partial charge in [0.15, 0.2) is 0 Å². The number of ether oxygens (including phenoxy) is 1. The Morgan fingerprint density at radius 1 is 1.62 bits per heavy atom. The van der Waals surface area contributed by atoms with Crippen LogP contribution in [0.3, 0.4) is 0 Å². The van der Waals surface area contributed by atoms with E-state index in [0.29, 0.717) is 5.92 Å². The highest BCUT2D eigenvalue weighted by Crippen LogP contribution is 2.18. The van der Waals surface area contributed by atoms with Gasteiger partial charge in [0.25, 0.3) is 0 Å². The molecule has 0 saturated carbocycles. The first kappa shape index (κ1) is 10.5. The maximum atomic E-state index is 8.92. The lowest BCUT2D eigenvalue weighted by Crippen LogP contribution is -2.42. The van der Waals surface area contributed by atoms with Crippen molar-refractivity contribution in [1.29, 1.82) is 5.26 Å². The van der Waals surface area contributed by atoms with Crippen molar-refractivity contribution in [3.05, 3.63) is 0 Å². The Morgan fingerprint density at radius 3 is 2.77 bits per heavy atom. The van der Waals surface area contributed by atoms with Crippen molar-refractivity contribution in [1.82, 2.24) is 4.90 Å². The largest absolute Gasteiger partial charge is 0.381 e. The highest BCUT2D eigenvalue weighted by atomic mass is 16.5. The Hall–Kier alpha value is -0.590. The quantitative estimate of drug-likeness (QED) is 0.659. The SMILES string of the molecule is CN(CC1CCOC1)C(C)(C)C#N. The molecule has 0 N–H and O–H groups in total. The van der Waals surface area contributed by atoms with Crippen LogP contribution in [0.5, 0.6) is 0 Å². The van der Waals surface area contributed by atoms with E-state index in [9.17, 15) is 0 Å². The average molecular weight is 182 g/mol. The van der Waals surface area contributed by atoms with Gasteiger partial charge in [0.2, 0.25) is 0 Å². The highest BCUT2D eigenvalue weighted by Gasteiger charge is 2.26. The number of nitriles is 1. The van der Waals surface area contributed by atoms with E-state index < -0.39 is 0 Å². The van der Waals surface area contributed by atoms with Gasteiger partial charge in [-0.15, -0.1) is 0 Å². The molecule has 0 aliphatic carbocycles. The molecule has 1 aliphatic heterocycles. The minimum absolute atomic E-state index is 0.359. The van der Waals surface area contributed by atoms with Crippen LogP contribution in [0.1, 0.15) is 20.3 Å². The van der Waals surface area contributed by atoms with E-state index in [0.717, 1.165) is 26.2 Å². The lowest BCUT2D eigenvalue weighted by Gasteiger charge is -2.30. The summed E-state index contributed by atoms with van der Waals surface area (Å²) < 4.78 is 5.29. The van der Waals surface area contributed by atoms with Crippen LogP contribution in [-0.4, -0.2) is 37.2 Å². The molecule has 1 unspecified atom stereocenters. The molecule has 0 spiro atoms. The third-order valence-electron chi connectivity index (χ3n) is 2.78. The molecule has 3 heteroatoms. The first-order valence-electron chi connectivity index (χ1n) is 4.76. The van der Waals surface area contributed by atoms with Crippen molar-refractivity contribution in [2.45, 2.75) is 25.8 Å². The van der Waals surface area contributed by atoms with Crippen LogP contribution in [0.25, 0.3) is 0 Å². The van der Waals surface area contributed by atoms with Gasteiger partial charge >= 0.3 is 0 Å². The second-order valence-corrected chi connectivity index (χ2v) is 4.28. The molecule has 1 aliphatic rings. The van der Waals surface area contributed by atoms with Crippen molar-refractivity contribution in [3.63, 3.8) is 0 Å². The van der Waals surface area contributed by atoms with Gasteiger partial charge in [0.05, 0.1) is 12.7 Å². The van der Waals surface area contributed by atoms with Gasteiger partial charge in [-0.05, 0) is 33.2 Å². The fraction of sp³-hybridized carbons (Fsp3) is 0.900. The zero-order chi connectivity index (χ0) is 9.90. The number of hydrogen-bond acceptors (Lipinski definition) is 3. The van der Waals surface area contributed by atoms with Gasteiger partial charge in [0.1, 0.15) is 5.54 Å². The smallest absolute Gasteiger partial charge is 0.103 e. The minimum atomic E-state index is -0.359. The maximum Gasteiger partial charge on any atom is 0.103 e. The molecule has 13 heavy (non-hydrogen) atoms. The molecular formula is C10H18N2O. The molecule has 0 aromatic heterocycles. The topological polar surface area (TPSA) is 36.3 Å². The van der Waals surface area contributed by atoms with Gasteiger partial charge in [-0.2, -0.15) is 5.26 Å². The van der Waals surface area contributed by atoms with Crippen LogP contribution < -0.4 is 0 Å². The van der Waals surface area contributed by atoms with E-state index in [1.54, 1.807) is 0 Å². The second kappa shape index (κ2) is 4.08. The van der Waals surface area contributed by atoms with Crippen LogP contribution >= 0.6 is 0 Å². The Morgan fingerprint density at radius 2 is 2.31 bits per heavy atom. The number of rotatable bonds is 3. The van der Waals surface area contributed by atoms with Crippen molar-refractivity contribution in [2.75, 3.05) is 26.8 Å². The summed E-state index contributed by atoms with van der Waals surface area (Å²) in [5, 5.41) is 8.92. The summed E-state index contributed by atoms with van der Waals surface area (Å²) >= 11 is 0. The predicted octanol–water partition coefficient (Wildman–Crippen LogP) is 1.26. The van der Waals surface area contributed by atoms with Gasteiger partial charge in [-0.1, -0.05) is 0 Å². The van der Waals surface area contributed by atoms with E-state index in [2.05, 4.69) is 11.0 Å². The molecule has 1 rings (SSSR count). The molecule has 0 aromatic carbocycles. The molecule has 1 fully saturated rings. The Labute approximate surface area is 80.3 Å². The van der Waals surface area contributed by atoms with Crippen molar-refractivity contribution < 1.29 is 4.74 Å². The summed E-state index contributed by atoms with van der Waals surface area (Å²) in [6, 6.07) is 2.30. The first-order chi connectivity index (χ1) is 6.06. The molecule has 0 radical (unpaired) electrons. The summed E-state index contributed by atoms with van der Waals surface area (Å²) in [5.74, 6) is 0.609. The second-order valence-electron chi connectivity index (χ2n) is 4.28. The monoisotopic (exact) mass is 182 g/mol. The molecule has 3 nitrogen and oxygen atoms in total. The van der Waals surface area contributed by atoms with Crippen molar-refractivity contribution in [2.24, 2.45) is 5.92 Å². The normalized spacial score (nSPS) is 23.5. The van der Waals surface area contributed by atoms with Crippen LogP contribution in [0.4, 0.5) is 0 Å². The fourth-order valence-electron chi connectivity index (χ4n) is 1.43. The minimum Gasteiger partial charge on any atom is -0.381 e. The third kappa shape index (κ3) is 2.68. The van der Waals surface area contributed by atoms with Gasteiger partial charge in [-0.25, -0.2) is 0 Å². The Bertz CT molecular complexity index is 201. The van der Waals surface area contributed by atoms with Crippen molar-refractivity contribution >= 4 is 0 Å². The summed E-state index contributed by atoms with van der Waals surface area (Å²) in [6.45, 7) is 6.59. The van der Waals surface area contributed by atoms with Crippen molar-refractivity contribution in [3.8, 4) is 6.07 Å². The average Bonchev–Trinajstić information content (AvgIpc) is 2.57. The number of nitrogens with zero attached hydrogens (tertiary/aromatic N) is 2. The summed E-state index contributed by atoms with van der Waals surface area (Å²) in [4.78, 5) is 2.10. The lowest BCUT2D eigenvalue weighted by atomic mass is 10.0. The molecule has 0 amide bonds. The van der Waals surface area contributed by atoms with E-state index >= 15 is 0 Å². The summed E-state index contributed by atoms with van der Waals surface area (Å²) in [5.41, 5.74) is -0.359.